The summed E-state index contributed by atoms with van der Waals surface area (Å²) in [5.41, 5.74) is 5.08. The van der Waals surface area contributed by atoms with Gasteiger partial charge in [0.1, 0.15) is 11.5 Å². The summed E-state index contributed by atoms with van der Waals surface area (Å²) < 4.78 is 0. The first-order valence-corrected chi connectivity index (χ1v) is 7.81. The summed E-state index contributed by atoms with van der Waals surface area (Å²) in [6.45, 7) is 4.82. The number of rotatable bonds is 4. The van der Waals surface area contributed by atoms with Crippen LogP contribution in [-0.2, 0) is 6.54 Å². The zero-order chi connectivity index (χ0) is 17.3. The number of H-pyrrole nitrogens is 1. The number of carbonyl (C=O) groups excluding carboxylic acids is 1. The Morgan fingerprint density at radius 3 is 2.79 bits per heavy atom. The number of nitrogens with zero attached hydrogens (tertiary/aromatic N) is 3. The van der Waals surface area contributed by atoms with Crippen LogP contribution in [-0.4, -0.2) is 39.9 Å². The van der Waals surface area contributed by atoms with Crippen molar-refractivity contribution in [3.63, 3.8) is 0 Å². The molecular weight excluding hydrogens is 302 g/mol. The van der Waals surface area contributed by atoms with E-state index in [0.717, 1.165) is 11.1 Å². The van der Waals surface area contributed by atoms with Gasteiger partial charge in [0.15, 0.2) is 0 Å². The fraction of sp³-hybridized carbons (Fsp3) is 0.278. The molecular formula is C18H21N5O. The van der Waals surface area contributed by atoms with E-state index in [1.807, 2.05) is 0 Å². The first kappa shape index (κ1) is 16.0. The molecule has 0 saturated heterocycles. The summed E-state index contributed by atoms with van der Waals surface area (Å²) in [5, 5.41) is 4.46. The average Bonchev–Trinajstić information content (AvgIpc) is 2.87. The average molecular weight is 323 g/mol. The van der Waals surface area contributed by atoms with Gasteiger partial charge >= 0.3 is 0 Å². The van der Waals surface area contributed by atoms with E-state index in [0.29, 0.717) is 18.1 Å². The van der Waals surface area contributed by atoms with E-state index in [9.17, 15) is 4.79 Å². The first-order valence-electron chi connectivity index (χ1n) is 7.81. The molecule has 3 rings (SSSR count). The van der Waals surface area contributed by atoms with Gasteiger partial charge in [0.25, 0.3) is 5.91 Å². The van der Waals surface area contributed by atoms with Gasteiger partial charge in [-0.1, -0.05) is 6.07 Å². The molecule has 0 bridgehead atoms. The minimum absolute atomic E-state index is 0.161. The number of amides is 1. The Morgan fingerprint density at radius 2 is 2.04 bits per heavy atom. The largest absolute Gasteiger partial charge is 0.365 e. The Labute approximate surface area is 140 Å². The molecule has 6 nitrogen and oxygen atoms in total. The van der Waals surface area contributed by atoms with Gasteiger partial charge in [0.2, 0.25) is 0 Å². The predicted molar refractivity (Wildman–Crippen MR) is 95.1 cm³/mol. The lowest BCUT2D eigenvalue weighted by atomic mass is 10.1. The molecule has 2 N–H and O–H groups in total. The molecule has 2 heterocycles. The second-order valence-corrected chi connectivity index (χ2v) is 6.10. The molecule has 0 unspecified atom stereocenters. The lowest BCUT2D eigenvalue weighted by molar-refractivity contribution is 0.0821. The second-order valence-electron chi connectivity index (χ2n) is 6.10. The predicted octanol–water partition coefficient (Wildman–Crippen LogP) is 2.89. The van der Waals surface area contributed by atoms with E-state index in [4.69, 9.17) is 0 Å². The number of carbonyl (C=O) groups is 1. The summed E-state index contributed by atoms with van der Waals surface area (Å²) in [4.78, 5) is 25.2. The normalized spacial score (nSPS) is 10.8. The molecule has 124 valence electrons. The highest BCUT2D eigenvalue weighted by atomic mass is 16.2. The van der Waals surface area contributed by atoms with E-state index in [1.165, 1.54) is 27.7 Å². The van der Waals surface area contributed by atoms with E-state index < -0.39 is 0 Å². The Kier molecular flexibility index (Phi) is 4.20. The maximum atomic E-state index is 11.9. The maximum absolute atomic E-state index is 11.9. The number of benzene rings is 1. The van der Waals surface area contributed by atoms with Crippen LogP contribution in [0.25, 0.3) is 10.9 Å². The molecule has 0 atom stereocenters. The zero-order valence-electron chi connectivity index (χ0n) is 14.3. The van der Waals surface area contributed by atoms with Crippen LogP contribution in [0.15, 0.2) is 30.6 Å². The third kappa shape index (κ3) is 3.08. The topological polar surface area (TPSA) is 73.9 Å². The van der Waals surface area contributed by atoms with Crippen LogP contribution < -0.4 is 5.32 Å². The summed E-state index contributed by atoms with van der Waals surface area (Å²) >= 11 is 0. The van der Waals surface area contributed by atoms with Crippen molar-refractivity contribution in [3.05, 3.63) is 53.1 Å². The van der Waals surface area contributed by atoms with Crippen LogP contribution in [0, 0.1) is 13.8 Å². The molecule has 0 saturated carbocycles. The molecule has 24 heavy (non-hydrogen) atoms. The highest BCUT2D eigenvalue weighted by molar-refractivity contribution is 5.92. The van der Waals surface area contributed by atoms with Gasteiger partial charge in [0, 0.05) is 37.2 Å². The molecule has 0 fully saturated rings. The number of nitrogens with one attached hydrogen (secondary N) is 2. The Balaban J connectivity index is 1.77. The van der Waals surface area contributed by atoms with Crippen LogP contribution in [0.4, 0.5) is 5.82 Å². The molecule has 0 radical (unpaired) electrons. The minimum atomic E-state index is -0.161. The number of fused-ring (bicyclic) bond motifs is 1. The highest BCUT2D eigenvalue weighted by Gasteiger charge is 2.11. The zero-order valence-corrected chi connectivity index (χ0v) is 14.3. The van der Waals surface area contributed by atoms with E-state index >= 15 is 0 Å². The Bertz CT molecular complexity index is 898. The molecule has 0 spiro atoms. The molecule has 0 aliphatic carbocycles. The van der Waals surface area contributed by atoms with Crippen molar-refractivity contribution in [2.75, 3.05) is 19.4 Å². The monoisotopic (exact) mass is 323 g/mol. The lowest BCUT2D eigenvalue weighted by Gasteiger charge is -2.11. The van der Waals surface area contributed by atoms with Gasteiger partial charge in [0.05, 0.1) is 12.4 Å². The number of aromatic nitrogens is 3. The SMILES string of the molecule is Cc1[nH]c2ccc(CNc3cncc(C(=O)N(C)C)n3)cc2c1C. The fourth-order valence-electron chi connectivity index (χ4n) is 2.59. The molecule has 0 aliphatic heterocycles. The van der Waals surface area contributed by atoms with Gasteiger partial charge < -0.3 is 15.2 Å². The van der Waals surface area contributed by atoms with Gasteiger partial charge in [-0.3, -0.25) is 9.78 Å². The highest BCUT2D eigenvalue weighted by Crippen LogP contribution is 2.22. The lowest BCUT2D eigenvalue weighted by Crippen LogP contribution is -2.23. The van der Waals surface area contributed by atoms with Crippen molar-refractivity contribution in [2.24, 2.45) is 0 Å². The van der Waals surface area contributed by atoms with Gasteiger partial charge in [-0.2, -0.15) is 0 Å². The van der Waals surface area contributed by atoms with Crippen LogP contribution in [0.5, 0.6) is 0 Å². The first-order chi connectivity index (χ1) is 11.5. The van der Waals surface area contributed by atoms with Crippen molar-refractivity contribution < 1.29 is 4.79 Å². The van der Waals surface area contributed by atoms with Gasteiger partial charge in [-0.15, -0.1) is 0 Å². The summed E-state index contributed by atoms with van der Waals surface area (Å²) in [5.74, 6) is 0.427. The molecule has 3 aromatic rings. The van der Waals surface area contributed by atoms with Gasteiger partial charge in [-0.25, -0.2) is 4.98 Å². The standard InChI is InChI=1S/C18H21N5O/c1-11-12(2)21-15-6-5-13(7-14(11)15)8-20-17-10-19-9-16(22-17)18(24)23(3)4/h5-7,9-10,21H,8H2,1-4H3,(H,20,22). The van der Waals surface area contributed by atoms with Crippen LogP contribution in [0.2, 0.25) is 0 Å². The van der Waals surface area contributed by atoms with E-state index in [2.05, 4.69) is 52.3 Å². The third-order valence-corrected chi connectivity index (χ3v) is 4.11. The van der Waals surface area contributed by atoms with Crippen molar-refractivity contribution in [1.29, 1.82) is 0 Å². The summed E-state index contributed by atoms with van der Waals surface area (Å²) in [6, 6.07) is 6.33. The van der Waals surface area contributed by atoms with Crippen molar-refractivity contribution in [2.45, 2.75) is 20.4 Å². The van der Waals surface area contributed by atoms with Crippen molar-refractivity contribution in [1.82, 2.24) is 19.9 Å². The smallest absolute Gasteiger partial charge is 0.273 e. The summed E-state index contributed by atoms with van der Waals surface area (Å²) in [7, 11) is 3.39. The number of aryl methyl sites for hydroxylation is 2. The molecule has 0 aliphatic rings. The minimum Gasteiger partial charge on any atom is -0.365 e. The molecule has 6 heteroatoms. The maximum Gasteiger partial charge on any atom is 0.273 e. The third-order valence-electron chi connectivity index (χ3n) is 4.11. The van der Waals surface area contributed by atoms with Crippen LogP contribution >= 0.6 is 0 Å². The molecule has 1 amide bonds. The van der Waals surface area contributed by atoms with E-state index in [1.54, 1.807) is 20.3 Å². The number of aromatic amines is 1. The molecule has 2 aromatic heterocycles. The van der Waals surface area contributed by atoms with Crippen molar-refractivity contribution in [3.8, 4) is 0 Å². The Hall–Kier alpha value is -2.89. The second kappa shape index (κ2) is 6.31. The molecule has 1 aromatic carbocycles. The van der Waals surface area contributed by atoms with Crippen molar-refractivity contribution >= 4 is 22.6 Å². The summed E-state index contributed by atoms with van der Waals surface area (Å²) in [6.07, 6.45) is 3.10. The van der Waals surface area contributed by atoms with E-state index in [-0.39, 0.29) is 5.91 Å². The number of anilines is 1. The number of hydrogen-bond acceptors (Lipinski definition) is 4. The quantitative estimate of drug-likeness (QED) is 0.774. The van der Waals surface area contributed by atoms with Gasteiger partial charge in [-0.05, 0) is 37.1 Å². The van der Waals surface area contributed by atoms with Crippen LogP contribution in [0.3, 0.4) is 0 Å². The Morgan fingerprint density at radius 1 is 1.25 bits per heavy atom. The van der Waals surface area contributed by atoms with Crippen LogP contribution in [0.1, 0.15) is 27.3 Å². The number of hydrogen-bond donors (Lipinski definition) is 2. The fourth-order valence-corrected chi connectivity index (χ4v) is 2.59.